The summed E-state index contributed by atoms with van der Waals surface area (Å²) in [5.74, 6) is -4.20. The Bertz CT molecular complexity index is 892. The van der Waals surface area contributed by atoms with Crippen LogP contribution in [-0.4, -0.2) is 76.0 Å². The average molecular weight is 539 g/mol. The van der Waals surface area contributed by atoms with Crippen molar-refractivity contribution in [3.05, 3.63) is 0 Å². The first-order valence-corrected chi connectivity index (χ1v) is 13.3. The summed E-state index contributed by atoms with van der Waals surface area (Å²) >= 11 is 0.819. The van der Waals surface area contributed by atoms with Gasteiger partial charge in [-0.15, -0.1) is 0 Å². The molecule has 0 saturated carbocycles. The van der Waals surface area contributed by atoms with Gasteiger partial charge >= 0.3 is 13.8 Å². The number of phosphoric ester groups is 1. The third-order valence-corrected chi connectivity index (χ3v) is 6.91. The van der Waals surface area contributed by atoms with Crippen molar-refractivity contribution in [1.82, 2.24) is 10.6 Å². The van der Waals surface area contributed by atoms with Crippen LogP contribution in [0.3, 0.4) is 0 Å². The smallest absolute Gasteiger partial charge is 0.472 e. The first kappa shape index (κ1) is 30.9. The van der Waals surface area contributed by atoms with Gasteiger partial charge in [0.1, 0.15) is 5.78 Å². The monoisotopic (exact) mass is 538 g/mol. The summed E-state index contributed by atoms with van der Waals surface area (Å²) < 4.78 is 21.1. The first-order valence-electron chi connectivity index (χ1n) is 10.8. The quantitative estimate of drug-likeness (QED) is 0.135. The second kappa shape index (κ2) is 13.8. The van der Waals surface area contributed by atoms with Gasteiger partial charge in [-0.3, -0.25) is 37.8 Å². The van der Waals surface area contributed by atoms with Gasteiger partial charge in [0.2, 0.25) is 11.8 Å². The predicted octanol–water partition coefficient (Wildman–Crippen LogP) is 0.440. The van der Waals surface area contributed by atoms with E-state index in [1.807, 2.05) is 0 Å². The summed E-state index contributed by atoms with van der Waals surface area (Å²) in [4.78, 5) is 79.8. The molecule has 0 aromatic carbocycles. The van der Waals surface area contributed by atoms with E-state index in [1.165, 1.54) is 6.92 Å². The van der Waals surface area contributed by atoms with Crippen LogP contribution in [0.15, 0.2) is 0 Å². The molecular formula is C20H31N2O11PS. The van der Waals surface area contributed by atoms with Crippen LogP contribution in [-0.2, 0) is 42.4 Å². The number of carboxylic acid groups (broad SMARTS) is 1. The topological polar surface area (TPSA) is 202 Å². The van der Waals surface area contributed by atoms with Gasteiger partial charge in [0.15, 0.2) is 17.0 Å². The van der Waals surface area contributed by atoms with Crippen LogP contribution in [0.25, 0.3) is 0 Å². The highest BCUT2D eigenvalue weighted by molar-refractivity contribution is 8.13. The van der Waals surface area contributed by atoms with Crippen LogP contribution in [0.1, 0.15) is 46.5 Å². The summed E-state index contributed by atoms with van der Waals surface area (Å²) in [5.41, 5.74) is -0.850. The standard InChI is InChI=1S/C20H31N2O11PS/c1-12(14(24)10-13(23)4-5-16(26)27)19(29)35-9-8-21-15(25)6-7-22-18(28)17-20(2,3)11-32-34(30,31)33-17/h12,17H,4-11H2,1-3H3,(H,21,25)(H,22,28)(H,26,27)(H,30,31)/t12?,17-/m0/s1. The molecule has 0 bridgehead atoms. The molecule has 0 aromatic rings. The molecule has 15 heteroatoms. The van der Waals surface area contributed by atoms with Crippen LogP contribution in [0.4, 0.5) is 0 Å². The summed E-state index contributed by atoms with van der Waals surface area (Å²) in [6.45, 7) is 4.54. The van der Waals surface area contributed by atoms with Crippen LogP contribution < -0.4 is 10.6 Å². The van der Waals surface area contributed by atoms with Gasteiger partial charge in [0, 0.05) is 37.1 Å². The number of carbonyl (C=O) groups is 6. The maximum absolute atomic E-state index is 12.3. The fourth-order valence-electron chi connectivity index (χ4n) is 2.79. The second-order valence-corrected chi connectivity index (χ2v) is 11.1. The number of thioether (sulfide) groups is 1. The Balaban J connectivity index is 2.27. The van der Waals surface area contributed by atoms with Crippen molar-refractivity contribution in [2.75, 3.05) is 25.4 Å². The van der Waals surface area contributed by atoms with Crippen LogP contribution in [0.2, 0.25) is 0 Å². The van der Waals surface area contributed by atoms with Crippen LogP contribution >= 0.6 is 19.6 Å². The number of hydrogen-bond donors (Lipinski definition) is 4. The Morgan fingerprint density at radius 2 is 1.74 bits per heavy atom. The molecule has 1 aliphatic heterocycles. The van der Waals surface area contributed by atoms with Gasteiger partial charge in [-0.2, -0.15) is 0 Å². The minimum absolute atomic E-state index is 0.0509. The molecule has 1 heterocycles. The predicted molar refractivity (Wildman–Crippen MR) is 123 cm³/mol. The SMILES string of the molecule is CC(C(=O)CC(=O)CCC(=O)O)C(=O)SCCNC(=O)CCNC(=O)[C@@H]1OP(=O)(O)OCC1(C)C. The van der Waals surface area contributed by atoms with Gasteiger partial charge in [-0.05, 0) is 6.92 Å². The Hall–Kier alpha value is -2.12. The maximum atomic E-state index is 12.3. The van der Waals surface area contributed by atoms with E-state index < -0.39 is 66.1 Å². The van der Waals surface area contributed by atoms with E-state index in [2.05, 4.69) is 10.6 Å². The lowest BCUT2D eigenvalue weighted by atomic mass is 9.87. The van der Waals surface area contributed by atoms with Crippen molar-refractivity contribution >= 4 is 54.1 Å². The molecule has 0 spiro atoms. The molecule has 2 unspecified atom stereocenters. The molecule has 198 valence electrons. The summed E-state index contributed by atoms with van der Waals surface area (Å²) in [7, 11) is -4.31. The zero-order valence-corrected chi connectivity index (χ0v) is 21.4. The molecule has 35 heavy (non-hydrogen) atoms. The molecule has 1 fully saturated rings. The molecule has 1 rings (SSSR count). The van der Waals surface area contributed by atoms with Gasteiger partial charge in [0.25, 0.3) is 0 Å². The normalized spacial score (nSPS) is 22.0. The highest BCUT2D eigenvalue weighted by Gasteiger charge is 2.47. The highest BCUT2D eigenvalue weighted by Crippen LogP contribution is 2.52. The van der Waals surface area contributed by atoms with Crippen molar-refractivity contribution in [3.63, 3.8) is 0 Å². The molecule has 1 saturated heterocycles. The first-order chi connectivity index (χ1) is 16.1. The lowest BCUT2D eigenvalue weighted by Crippen LogP contribution is -2.49. The van der Waals surface area contributed by atoms with Crippen molar-refractivity contribution in [2.24, 2.45) is 11.3 Å². The molecule has 13 nitrogen and oxygen atoms in total. The fourth-order valence-corrected chi connectivity index (χ4v) is 4.78. The third-order valence-electron chi connectivity index (χ3n) is 4.93. The maximum Gasteiger partial charge on any atom is 0.472 e. The molecule has 4 N–H and O–H groups in total. The Kier molecular flexibility index (Phi) is 12.2. The average Bonchev–Trinajstić information content (AvgIpc) is 2.76. The largest absolute Gasteiger partial charge is 0.481 e. The number of nitrogens with one attached hydrogen (secondary N) is 2. The summed E-state index contributed by atoms with van der Waals surface area (Å²) in [6, 6.07) is 0. The fraction of sp³-hybridized carbons (Fsp3) is 0.700. The van der Waals surface area contributed by atoms with Gasteiger partial charge in [-0.1, -0.05) is 25.6 Å². The van der Waals surface area contributed by atoms with Gasteiger partial charge in [0.05, 0.1) is 25.4 Å². The number of carboxylic acids is 1. The number of carbonyl (C=O) groups excluding carboxylic acids is 5. The van der Waals surface area contributed by atoms with E-state index in [4.69, 9.17) is 14.2 Å². The molecule has 0 aliphatic carbocycles. The third kappa shape index (κ3) is 11.4. The Labute approximate surface area is 206 Å². The van der Waals surface area contributed by atoms with Crippen molar-refractivity contribution in [2.45, 2.75) is 52.6 Å². The molecule has 0 radical (unpaired) electrons. The molecule has 1 aliphatic rings. The minimum atomic E-state index is -4.31. The Morgan fingerprint density at radius 3 is 2.37 bits per heavy atom. The van der Waals surface area contributed by atoms with Gasteiger partial charge < -0.3 is 20.6 Å². The number of Topliss-reactive ketones (excluding diaryl/α,β-unsaturated/α-hetero) is 2. The highest BCUT2D eigenvalue weighted by atomic mass is 32.2. The Morgan fingerprint density at radius 1 is 1.09 bits per heavy atom. The zero-order valence-electron chi connectivity index (χ0n) is 19.7. The lowest BCUT2D eigenvalue weighted by Gasteiger charge is -2.38. The van der Waals surface area contributed by atoms with Crippen molar-refractivity contribution in [1.29, 1.82) is 0 Å². The van der Waals surface area contributed by atoms with Crippen molar-refractivity contribution < 1.29 is 52.4 Å². The number of ketones is 2. The summed E-state index contributed by atoms with van der Waals surface area (Å²) in [5, 5.41) is 13.1. The minimum Gasteiger partial charge on any atom is -0.481 e. The van der Waals surface area contributed by atoms with E-state index in [0.29, 0.717) is 0 Å². The molecule has 0 aromatic heterocycles. The van der Waals surface area contributed by atoms with E-state index in [9.17, 15) is 38.2 Å². The van der Waals surface area contributed by atoms with Crippen LogP contribution in [0, 0.1) is 11.3 Å². The van der Waals surface area contributed by atoms with Crippen molar-refractivity contribution in [3.8, 4) is 0 Å². The zero-order chi connectivity index (χ0) is 26.8. The number of hydrogen-bond acceptors (Lipinski definition) is 10. The van der Waals surface area contributed by atoms with E-state index in [-0.39, 0.29) is 44.7 Å². The lowest BCUT2D eigenvalue weighted by molar-refractivity contribution is -0.141. The van der Waals surface area contributed by atoms with E-state index in [0.717, 1.165) is 11.8 Å². The molecule has 3 atom stereocenters. The number of amides is 2. The molecular weight excluding hydrogens is 507 g/mol. The van der Waals surface area contributed by atoms with Gasteiger partial charge in [-0.25, -0.2) is 4.57 Å². The number of aliphatic carboxylic acids is 1. The number of phosphoric acid groups is 1. The second-order valence-electron chi connectivity index (χ2n) is 8.57. The van der Waals surface area contributed by atoms with E-state index in [1.54, 1.807) is 13.8 Å². The molecule has 2 amide bonds. The van der Waals surface area contributed by atoms with Crippen LogP contribution in [0.5, 0.6) is 0 Å². The number of rotatable bonds is 14. The van der Waals surface area contributed by atoms with E-state index >= 15 is 0 Å². The summed E-state index contributed by atoms with van der Waals surface area (Å²) in [6.07, 6.45) is -2.47.